The van der Waals surface area contributed by atoms with Gasteiger partial charge in [-0.25, -0.2) is 9.78 Å². The molecule has 7 nitrogen and oxygen atoms in total. The largest absolute Gasteiger partial charge is 0.440 e. The van der Waals surface area contributed by atoms with E-state index in [2.05, 4.69) is 22.2 Å². The lowest BCUT2D eigenvalue weighted by Crippen LogP contribution is -2.49. The molecule has 24 heavy (non-hydrogen) atoms. The Balaban J connectivity index is 1.59. The van der Waals surface area contributed by atoms with E-state index in [9.17, 15) is 9.59 Å². The smallest absolute Gasteiger partial charge is 0.328 e. The molecule has 3 amide bonds. The van der Waals surface area contributed by atoms with Gasteiger partial charge in [0.05, 0.1) is 0 Å². The molecule has 0 atom stereocenters. The Hall–Kier alpha value is -2.41. The second-order valence-electron chi connectivity index (χ2n) is 6.54. The van der Waals surface area contributed by atoms with Gasteiger partial charge < -0.3 is 9.32 Å². The average Bonchev–Trinajstić information content (AvgIpc) is 2.98. The van der Waals surface area contributed by atoms with Crippen molar-refractivity contribution in [1.82, 2.24) is 15.2 Å². The molecule has 7 heteroatoms. The van der Waals surface area contributed by atoms with E-state index in [1.165, 1.54) is 0 Å². The van der Waals surface area contributed by atoms with Crippen LogP contribution in [-0.4, -0.2) is 48.5 Å². The van der Waals surface area contributed by atoms with Crippen LogP contribution in [0, 0.1) is 0 Å². The Labute approximate surface area is 139 Å². The van der Waals surface area contributed by atoms with Crippen LogP contribution < -0.4 is 10.2 Å². The first-order chi connectivity index (χ1) is 11.6. The molecule has 126 valence electrons. The van der Waals surface area contributed by atoms with Crippen molar-refractivity contribution in [2.45, 2.75) is 25.2 Å². The number of piperidine rings is 1. The molecule has 3 heterocycles. The molecule has 0 radical (unpaired) electrons. The lowest BCUT2D eigenvalue weighted by molar-refractivity contribution is -0.120. The normalized spacial score (nSPS) is 20.6. The van der Waals surface area contributed by atoms with Crippen LogP contribution in [0.25, 0.3) is 11.1 Å². The third kappa shape index (κ3) is 2.75. The van der Waals surface area contributed by atoms with Gasteiger partial charge >= 0.3 is 6.03 Å². The summed E-state index contributed by atoms with van der Waals surface area (Å²) in [7, 11) is 2.13. The van der Waals surface area contributed by atoms with E-state index >= 15 is 0 Å². The molecule has 0 aliphatic carbocycles. The number of hydrogen-bond acceptors (Lipinski definition) is 5. The van der Waals surface area contributed by atoms with Crippen LogP contribution in [0.5, 0.6) is 0 Å². The maximum absolute atomic E-state index is 12.0. The quantitative estimate of drug-likeness (QED) is 0.913. The van der Waals surface area contributed by atoms with E-state index in [-0.39, 0.29) is 11.9 Å². The fourth-order valence-corrected chi connectivity index (χ4v) is 3.34. The number of amides is 3. The Bertz CT molecular complexity index is 792. The van der Waals surface area contributed by atoms with Gasteiger partial charge in [0, 0.05) is 30.6 Å². The van der Waals surface area contributed by atoms with Crippen molar-refractivity contribution in [3.63, 3.8) is 0 Å². The molecule has 2 saturated heterocycles. The van der Waals surface area contributed by atoms with Crippen LogP contribution in [-0.2, 0) is 4.79 Å². The molecule has 1 N–H and O–H groups in total. The lowest BCUT2D eigenvalue weighted by Gasteiger charge is -2.26. The first-order valence-corrected chi connectivity index (χ1v) is 8.30. The number of urea groups is 1. The van der Waals surface area contributed by atoms with Crippen LogP contribution in [0.4, 0.5) is 10.5 Å². The number of oxazole rings is 1. The number of aromatic nitrogens is 1. The number of benzene rings is 1. The highest BCUT2D eigenvalue weighted by atomic mass is 16.3. The second kappa shape index (κ2) is 5.90. The van der Waals surface area contributed by atoms with Gasteiger partial charge in [0.2, 0.25) is 5.91 Å². The molecule has 2 aromatic rings. The second-order valence-corrected chi connectivity index (χ2v) is 6.54. The van der Waals surface area contributed by atoms with Crippen LogP contribution in [0.2, 0.25) is 0 Å². The van der Waals surface area contributed by atoms with Gasteiger partial charge in [0.15, 0.2) is 11.5 Å². The molecule has 2 fully saturated rings. The fraction of sp³-hybridized carbons (Fsp3) is 0.471. The summed E-state index contributed by atoms with van der Waals surface area (Å²) in [6, 6.07) is 5.16. The van der Waals surface area contributed by atoms with Crippen LogP contribution >= 0.6 is 0 Å². The molecule has 1 aromatic carbocycles. The van der Waals surface area contributed by atoms with Crippen molar-refractivity contribution in [2.24, 2.45) is 0 Å². The molecule has 4 rings (SSSR count). The Morgan fingerprint density at radius 1 is 1.21 bits per heavy atom. The van der Waals surface area contributed by atoms with E-state index in [1.807, 2.05) is 18.2 Å². The van der Waals surface area contributed by atoms with Gasteiger partial charge in [0.1, 0.15) is 5.52 Å². The van der Waals surface area contributed by atoms with E-state index in [1.54, 1.807) is 4.90 Å². The van der Waals surface area contributed by atoms with Gasteiger partial charge in [-0.15, -0.1) is 0 Å². The number of likely N-dealkylation sites (tertiary alicyclic amines) is 1. The van der Waals surface area contributed by atoms with Crippen molar-refractivity contribution < 1.29 is 14.0 Å². The number of fused-ring (bicyclic) bond motifs is 1. The zero-order valence-corrected chi connectivity index (χ0v) is 13.6. The summed E-state index contributed by atoms with van der Waals surface area (Å²) in [5.74, 6) is 0.906. The number of carbonyl (C=O) groups excluding carboxylic acids is 2. The predicted octanol–water partition coefficient (Wildman–Crippen LogP) is 2.08. The van der Waals surface area contributed by atoms with E-state index in [0.29, 0.717) is 24.5 Å². The molecule has 2 aliphatic rings. The van der Waals surface area contributed by atoms with Gasteiger partial charge in [-0.05, 0) is 45.1 Å². The summed E-state index contributed by atoms with van der Waals surface area (Å²) in [5, 5.41) is 2.33. The van der Waals surface area contributed by atoms with Crippen LogP contribution in [0.1, 0.15) is 31.1 Å². The highest BCUT2D eigenvalue weighted by Crippen LogP contribution is 2.31. The van der Waals surface area contributed by atoms with E-state index in [4.69, 9.17) is 4.42 Å². The molecule has 2 aliphatic heterocycles. The van der Waals surface area contributed by atoms with Crippen molar-refractivity contribution in [2.75, 3.05) is 31.6 Å². The van der Waals surface area contributed by atoms with Crippen LogP contribution in [0.3, 0.4) is 0 Å². The van der Waals surface area contributed by atoms with Gasteiger partial charge in [-0.2, -0.15) is 0 Å². The number of nitrogens with one attached hydrogen (secondary N) is 1. The monoisotopic (exact) mass is 328 g/mol. The standard InChI is InChI=1S/C17H20N4O3/c1-20-7-4-11(5-8-20)16-18-13-3-2-12(10-14(13)24-16)21-9-6-15(22)19-17(21)23/h2-3,10-11H,4-9H2,1H3,(H,19,22,23). The minimum Gasteiger partial charge on any atom is -0.440 e. The Morgan fingerprint density at radius 3 is 2.75 bits per heavy atom. The van der Waals surface area contributed by atoms with Crippen LogP contribution in [0.15, 0.2) is 22.6 Å². The lowest BCUT2D eigenvalue weighted by atomic mass is 9.97. The summed E-state index contributed by atoms with van der Waals surface area (Å²) in [4.78, 5) is 31.7. The highest BCUT2D eigenvalue weighted by Gasteiger charge is 2.26. The molecule has 0 bridgehead atoms. The fourth-order valence-electron chi connectivity index (χ4n) is 3.34. The summed E-state index contributed by atoms with van der Waals surface area (Å²) in [6.45, 7) is 2.49. The summed E-state index contributed by atoms with van der Waals surface area (Å²) in [5.41, 5.74) is 2.21. The van der Waals surface area contributed by atoms with Gasteiger partial charge in [-0.3, -0.25) is 15.0 Å². The molecule has 0 saturated carbocycles. The van der Waals surface area contributed by atoms with E-state index < -0.39 is 0 Å². The summed E-state index contributed by atoms with van der Waals surface area (Å²) in [6.07, 6.45) is 2.40. The number of imide groups is 1. The zero-order valence-electron chi connectivity index (χ0n) is 13.6. The number of anilines is 1. The molecule has 0 unspecified atom stereocenters. The number of nitrogens with zero attached hydrogens (tertiary/aromatic N) is 3. The maximum atomic E-state index is 12.0. The Kier molecular flexibility index (Phi) is 3.72. The first-order valence-electron chi connectivity index (χ1n) is 8.30. The minimum absolute atomic E-state index is 0.235. The average molecular weight is 328 g/mol. The zero-order chi connectivity index (χ0) is 16.7. The third-order valence-electron chi connectivity index (χ3n) is 4.82. The predicted molar refractivity (Wildman–Crippen MR) is 89.0 cm³/mol. The van der Waals surface area contributed by atoms with Gasteiger partial charge in [-0.1, -0.05) is 0 Å². The molecule has 0 spiro atoms. The van der Waals surface area contributed by atoms with Crippen molar-refractivity contribution >= 4 is 28.7 Å². The number of rotatable bonds is 2. The summed E-state index contributed by atoms with van der Waals surface area (Å²) >= 11 is 0. The van der Waals surface area contributed by atoms with Crippen molar-refractivity contribution in [3.8, 4) is 0 Å². The topological polar surface area (TPSA) is 78.7 Å². The molecular formula is C17H20N4O3. The van der Waals surface area contributed by atoms with E-state index in [0.717, 1.165) is 43.0 Å². The van der Waals surface area contributed by atoms with Crippen molar-refractivity contribution in [3.05, 3.63) is 24.1 Å². The minimum atomic E-state index is -0.388. The maximum Gasteiger partial charge on any atom is 0.328 e. The number of carbonyl (C=O) groups is 2. The SMILES string of the molecule is CN1CCC(c2nc3ccc(N4CCC(=O)NC4=O)cc3o2)CC1. The first kappa shape index (κ1) is 15.1. The van der Waals surface area contributed by atoms with Gasteiger partial charge in [0.25, 0.3) is 0 Å². The third-order valence-corrected chi connectivity index (χ3v) is 4.82. The summed E-state index contributed by atoms with van der Waals surface area (Å²) < 4.78 is 5.98. The number of hydrogen-bond donors (Lipinski definition) is 1. The molecule has 1 aromatic heterocycles. The van der Waals surface area contributed by atoms with Crippen molar-refractivity contribution in [1.29, 1.82) is 0 Å². The Morgan fingerprint density at radius 2 is 2.00 bits per heavy atom. The molecular weight excluding hydrogens is 308 g/mol. The highest BCUT2D eigenvalue weighted by molar-refractivity contribution is 6.06.